The number of rotatable bonds is 8. The summed E-state index contributed by atoms with van der Waals surface area (Å²) in [7, 11) is 8.02. The highest BCUT2D eigenvalue weighted by Crippen LogP contribution is 1.92. The van der Waals surface area contributed by atoms with Crippen LogP contribution in [-0.4, -0.2) is 81.6 Å². The van der Waals surface area contributed by atoms with Crippen LogP contribution in [0.1, 0.15) is 0 Å². The van der Waals surface area contributed by atoms with E-state index in [0.717, 1.165) is 26.2 Å². The molecule has 5 nitrogen and oxygen atoms in total. The van der Waals surface area contributed by atoms with Gasteiger partial charge in [-0.25, -0.2) is 4.79 Å². The Hall–Kier alpha value is -1.07. The van der Waals surface area contributed by atoms with Crippen LogP contribution in [0.3, 0.4) is 0 Å². The lowest BCUT2D eigenvalue weighted by Crippen LogP contribution is -2.45. The Bertz CT molecular complexity index is 217. The van der Waals surface area contributed by atoms with Crippen molar-refractivity contribution in [2.45, 2.75) is 0 Å². The number of carbonyl (C=O) groups excluding carboxylic acids is 1. The molecule has 0 aliphatic heterocycles. The van der Waals surface area contributed by atoms with E-state index < -0.39 is 0 Å². The molecule has 2 amide bonds. The Balaban J connectivity index is 4.16. The molecule has 0 atom stereocenters. The third-order valence-electron chi connectivity index (χ3n) is 2.32. The van der Waals surface area contributed by atoms with Gasteiger partial charge in [-0.15, -0.1) is 6.58 Å². The molecule has 0 saturated heterocycles. The topological polar surface area (TPSA) is 38.8 Å². The summed E-state index contributed by atoms with van der Waals surface area (Å²) in [6.45, 7) is 7.32. The highest BCUT2D eigenvalue weighted by Gasteiger charge is 2.12. The summed E-state index contributed by atoms with van der Waals surface area (Å²) in [5.74, 6) is 0. The molecule has 0 aromatic carbocycles. The first-order valence-electron chi connectivity index (χ1n) is 5.90. The van der Waals surface area contributed by atoms with Crippen LogP contribution < -0.4 is 5.32 Å². The summed E-state index contributed by atoms with van der Waals surface area (Å²) < 4.78 is 0. The summed E-state index contributed by atoms with van der Waals surface area (Å²) >= 11 is 0. The second-order valence-corrected chi connectivity index (χ2v) is 4.57. The van der Waals surface area contributed by atoms with Crippen LogP contribution in [-0.2, 0) is 0 Å². The van der Waals surface area contributed by atoms with Crippen molar-refractivity contribution in [3.63, 3.8) is 0 Å². The molecule has 0 aromatic rings. The molecule has 0 unspecified atom stereocenters. The van der Waals surface area contributed by atoms with E-state index in [1.165, 1.54) is 0 Å². The quantitative estimate of drug-likeness (QED) is 0.623. The maximum absolute atomic E-state index is 11.9. The Labute approximate surface area is 105 Å². The first-order chi connectivity index (χ1) is 7.97. The Morgan fingerprint density at radius 1 is 1.06 bits per heavy atom. The minimum atomic E-state index is -0.0198. The fourth-order valence-corrected chi connectivity index (χ4v) is 1.23. The summed E-state index contributed by atoms with van der Waals surface area (Å²) in [5.41, 5.74) is 0. The fraction of sp³-hybridized carbons (Fsp3) is 0.750. The fourth-order valence-electron chi connectivity index (χ4n) is 1.23. The van der Waals surface area contributed by atoms with Crippen molar-refractivity contribution < 1.29 is 4.79 Å². The van der Waals surface area contributed by atoms with Crippen LogP contribution >= 0.6 is 0 Å². The molecular formula is C12H26N4O. The highest BCUT2D eigenvalue weighted by molar-refractivity contribution is 5.74. The van der Waals surface area contributed by atoms with Gasteiger partial charge in [-0.05, 0) is 28.2 Å². The van der Waals surface area contributed by atoms with Gasteiger partial charge in [0.15, 0.2) is 0 Å². The molecule has 0 radical (unpaired) electrons. The molecule has 0 aromatic heterocycles. The van der Waals surface area contributed by atoms with Gasteiger partial charge in [-0.1, -0.05) is 6.08 Å². The van der Waals surface area contributed by atoms with Crippen LogP contribution in [0.4, 0.5) is 4.79 Å². The average molecular weight is 242 g/mol. The van der Waals surface area contributed by atoms with Gasteiger partial charge in [-0.2, -0.15) is 0 Å². The van der Waals surface area contributed by atoms with Gasteiger partial charge in [0.1, 0.15) is 0 Å². The van der Waals surface area contributed by atoms with Crippen LogP contribution in [0.25, 0.3) is 0 Å². The minimum Gasteiger partial charge on any atom is -0.335 e. The molecular weight excluding hydrogens is 216 g/mol. The second-order valence-electron chi connectivity index (χ2n) is 4.57. The van der Waals surface area contributed by atoms with E-state index in [2.05, 4.69) is 21.7 Å². The number of urea groups is 1. The van der Waals surface area contributed by atoms with Crippen molar-refractivity contribution in [2.75, 3.05) is 60.9 Å². The number of carbonyl (C=O) groups is 1. The van der Waals surface area contributed by atoms with Crippen molar-refractivity contribution in [3.8, 4) is 0 Å². The van der Waals surface area contributed by atoms with E-state index >= 15 is 0 Å². The zero-order valence-electron chi connectivity index (χ0n) is 11.6. The SMILES string of the molecule is C=CCNC(=O)N(CCN(C)C)CCN(C)C. The molecule has 0 fully saturated rings. The molecule has 0 heterocycles. The smallest absolute Gasteiger partial charge is 0.317 e. The largest absolute Gasteiger partial charge is 0.335 e. The molecule has 0 aliphatic rings. The van der Waals surface area contributed by atoms with Gasteiger partial charge in [-0.3, -0.25) is 0 Å². The maximum atomic E-state index is 11.9. The predicted molar refractivity (Wildman–Crippen MR) is 72.3 cm³/mol. The van der Waals surface area contributed by atoms with Crippen molar-refractivity contribution >= 4 is 6.03 Å². The van der Waals surface area contributed by atoms with E-state index in [-0.39, 0.29) is 6.03 Å². The lowest BCUT2D eigenvalue weighted by atomic mass is 10.4. The first-order valence-corrected chi connectivity index (χ1v) is 5.90. The van der Waals surface area contributed by atoms with Gasteiger partial charge in [0, 0.05) is 32.7 Å². The zero-order valence-corrected chi connectivity index (χ0v) is 11.6. The van der Waals surface area contributed by atoms with Crippen LogP contribution in [0.15, 0.2) is 12.7 Å². The third kappa shape index (κ3) is 8.71. The molecule has 0 spiro atoms. The summed E-state index contributed by atoms with van der Waals surface area (Å²) in [6.07, 6.45) is 1.69. The molecule has 100 valence electrons. The summed E-state index contributed by atoms with van der Waals surface area (Å²) in [6, 6.07) is -0.0198. The zero-order chi connectivity index (χ0) is 13.3. The van der Waals surface area contributed by atoms with Crippen molar-refractivity contribution in [1.29, 1.82) is 0 Å². The van der Waals surface area contributed by atoms with Crippen molar-refractivity contribution in [1.82, 2.24) is 20.0 Å². The highest BCUT2D eigenvalue weighted by atomic mass is 16.2. The Kier molecular flexibility index (Phi) is 8.44. The van der Waals surface area contributed by atoms with Crippen LogP contribution in [0, 0.1) is 0 Å². The van der Waals surface area contributed by atoms with E-state index in [0.29, 0.717) is 6.54 Å². The van der Waals surface area contributed by atoms with E-state index in [1.807, 2.05) is 33.1 Å². The predicted octanol–water partition coefficient (Wildman–Crippen LogP) is 0.307. The van der Waals surface area contributed by atoms with Gasteiger partial charge in [0.25, 0.3) is 0 Å². The van der Waals surface area contributed by atoms with Gasteiger partial charge in [0.2, 0.25) is 0 Å². The summed E-state index contributed by atoms with van der Waals surface area (Å²) in [5, 5.41) is 2.81. The molecule has 0 rings (SSSR count). The molecule has 1 N–H and O–H groups in total. The number of hydrogen-bond donors (Lipinski definition) is 1. The first kappa shape index (κ1) is 15.9. The lowest BCUT2D eigenvalue weighted by molar-refractivity contribution is 0.186. The van der Waals surface area contributed by atoms with Crippen molar-refractivity contribution in [2.24, 2.45) is 0 Å². The van der Waals surface area contributed by atoms with Crippen molar-refractivity contribution in [3.05, 3.63) is 12.7 Å². The van der Waals surface area contributed by atoms with Crippen LogP contribution in [0.5, 0.6) is 0 Å². The lowest BCUT2D eigenvalue weighted by Gasteiger charge is -2.25. The summed E-state index contributed by atoms with van der Waals surface area (Å²) in [4.78, 5) is 17.8. The van der Waals surface area contributed by atoms with E-state index in [9.17, 15) is 4.79 Å². The Morgan fingerprint density at radius 3 is 1.88 bits per heavy atom. The van der Waals surface area contributed by atoms with Gasteiger partial charge >= 0.3 is 6.03 Å². The van der Waals surface area contributed by atoms with Gasteiger partial charge < -0.3 is 20.0 Å². The van der Waals surface area contributed by atoms with E-state index in [1.54, 1.807) is 6.08 Å². The maximum Gasteiger partial charge on any atom is 0.317 e. The molecule has 0 saturated carbocycles. The third-order valence-corrected chi connectivity index (χ3v) is 2.32. The molecule has 0 aliphatic carbocycles. The minimum absolute atomic E-state index is 0.0198. The number of nitrogens with one attached hydrogen (secondary N) is 1. The number of hydrogen-bond acceptors (Lipinski definition) is 3. The standard InChI is InChI=1S/C12H26N4O/c1-6-7-13-12(17)16(10-8-14(2)3)11-9-15(4)5/h6H,1,7-11H2,2-5H3,(H,13,17). The Morgan fingerprint density at radius 2 is 1.53 bits per heavy atom. The molecule has 5 heteroatoms. The number of likely N-dealkylation sites (N-methyl/N-ethyl adjacent to an activating group) is 2. The molecule has 17 heavy (non-hydrogen) atoms. The normalized spacial score (nSPS) is 10.7. The number of nitrogens with zero attached hydrogens (tertiary/aromatic N) is 3. The monoisotopic (exact) mass is 242 g/mol. The number of amides is 2. The second kappa shape index (κ2) is 9.01. The van der Waals surface area contributed by atoms with E-state index in [4.69, 9.17) is 0 Å². The van der Waals surface area contributed by atoms with Gasteiger partial charge in [0.05, 0.1) is 0 Å². The average Bonchev–Trinajstić information content (AvgIpc) is 2.25. The van der Waals surface area contributed by atoms with Crippen LogP contribution in [0.2, 0.25) is 0 Å². The molecule has 0 bridgehead atoms.